The molecule has 2 aromatic rings. The molecule has 3 N–H and O–H groups in total. The number of hydrogen-bond donors (Lipinski definition) is 3. The van der Waals surface area contributed by atoms with E-state index in [-0.39, 0.29) is 0 Å². The maximum absolute atomic E-state index is 5.29. The Bertz CT molecular complexity index is 687. The number of hydrogen-bond acceptors (Lipinski definition) is 5. The average molecular weight is 397 g/mol. The molecule has 0 saturated carbocycles. The number of ether oxygens (including phenoxy) is 1. The van der Waals surface area contributed by atoms with Crippen LogP contribution in [0.15, 0.2) is 48.5 Å². The Labute approximate surface area is 175 Å². The van der Waals surface area contributed by atoms with Crippen LogP contribution in [-0.4, -0.2) is 51.3 Å². The molecule has 0 fully saturated rings. The molecule has 0 aromatic heterocycles. The highest BCUT2D eigenvalue weighted by Gasteiger charge is 2.08. The van der Waals surface area contributed by atoms with Crippen LogP contribution in [0.2, 0.25) is 0 Å². The third-order valence-corrected chi connectivity index (χ3v) is 5.34. The minimum atomic E-state index is 0.912. The summed E-state index contributed by atoms with van der Waals surface area (Å²) in [5.41, 5.74) is 4.06. The molecule has 0 atom stereocenters. The summed E-state index contributed by atoms with van der Waals surface area (Å²) in [5, 5.41) is 10.6. The van der Waals surface area contributed by atoms with Gasteiger partial charge in [-0.15, -0.1) is 0 Å². The average Bonchev–Trinajstić information content (AvgIpc) is 2.75. The molecule has 2 aliphatic heterocycles. The lowest BCUT2D eigenvalue weighted by molar-refractivity contribution is 0.252. The fourth-order valence-electron chi connectivity index (χ4n) is 3.65. The SMILES string of the molecule is COc1ccc(CN2CCCNCCNCCCNCc3ccc(cc3)C2)cc1. The zero-order valence-electron chi connectivity index (χ0n) is 17.8. The van der Waals surface area contributed by atoms with Gasteiger partial charge in [-0.1, -0.05) is 36.4 Å². The van der Waals surface area contributed by atoms with Crippen molar-refractivity contribution in [3.63, 3.8) is 0 Å². The summed E-state index contributed by atoms with van der Waals surface area (Å²) in [6.07, 6.45) is 2.32. The highest BCUT2D eigenvalue weighted by Crippen LogP contribution is 2.15. The van der Waals surface area contributed by atoms with Crippen molar-refractivity contribution in [2.24, 2.45) is 0 Å². The molecule has 2 bridgehead atoms. The standard InChI is InChI=1S/C24H36N4O/c1-29-24-10-8-23(9-11-24)20-28-17-3-14-26-16-15-25-12-2-13-27-18-21-4-6-22(19-28)7-5-21/h4-11,25-27H,2-3,12-20H2,1H3. The van der Waals surface area contributed by atoms with Gasteiger partial charge in [0.1, 0.15) is 5.75 Å². The van der Waals surface area contributed by atoms with Crippen molar-refractivity contribution in [3.8, 4) is 5.75 Å². The second kappa shape index (κ2) is 12.6. The minimum Gasteiger partial charge on any atom is -0.497 e. The van der Waals surface area contributed by atoms with E-state index in [0.29, 0.717) is 0 Å². The normalized spacial score (nSPS) is 18.1. The van der Waals surface area contributed by atoms with Crippen molar-refractivity contribution in [1.29, 1.82) is 0 Å². The molecular formula is C24H36N4O. The van der Waals surface area contributed by atoms with E-state index in [1.54, 1.807) is 7.11 Å². The van der Waals surface area contributed by atoms with Crippen LogP contribution >= 0.6 is 0 Å². The van der Waals surface area contributed by atoms with Gasteiger partial charge in [0.05, 0.1) is 7.11 Å². The van der Waals surface area contributed by atoms with Crippen LogP contribution in [0, 0.1) is 0 Å². The molecule has 0 spiro atoms. The van der Waals surface area contributed by atoms with Gasteiger partial charge in [0.2, 0.25) is 0 Å². The van der Waals surface area contributed by atoms with Crippen molar-refractivity contribution in [3.05, 3.63) is 65.2 Å². The molecule has 4 rings (SSSR count). The number of rotatable bonds is 3. The zero-order valence-corrected chi connectivity index (χ0v) is 17.8. The molecule has 5 heteroatoms. The van der Waals surface area contributed by atoms with E-state index in [2.05, 4.69) is 57.2 Å². The van der Waals surface area contributed by atoms with E-state index in [1.807, 2.05) is 12.1 Å². The summed E-state index contributed by atoms with van der Waals surface area (Å²) in [4.78, 5) is 2.54. The Kier molecular flexibility index (Phi) is 9.46. The third-order valence-electron chi connectivity index (χ3n) is 5.34. The number of nitrogens with zero attached hydrogens (tertiary/aromatic N) is 1. The summed E-state index contributed by atoms with van der Waals surface area (Å²) in [6, 6.07) is 17.5. The van der Waals surface area contributed by atoms with Crippen LogP contribution in [0.5, 0.6) is 5.75 Å². The molecule has 29 heavy (non-hydrogen) atoms. The van der Waals surface area contributed by atoms with Crippen molar-refractivity contribution in [1.82, 2.24) is 20.9 Å². The monoisotopic (exact) mass is 396 g/mol. The molecule has 0 aliphatic carbocycles. The van der Waals surface area contributed by atoms with Crippen LogP contribution in [0.3, 0.4) is 0 Å². The first-order valence-electron chi connectivity index (χ1n) is 10.9. The molecule has 0 radical (unpaired) electrons. The Morgan fingerprint density at radius 3 is 2.14 bits per heavy atom. The fourth-order valence-corrected chi connectivity index (χ4v) is 3.65. The maximum atomic E-state index is 5.29. The van der Waals surface area contributed by atoms with Gasteiger partial charge in [-0.25, -0.2) is 0 Å². The summed E-state index contributed by atoms with van der Waals surface area (Å²) in [5.74, 6) is 0.912. The van der Waals surface area contributed by atoms with Crippen LogP contribution < -0.4 is 20.7 Å². The van der Waals surface area contributed by atoms with Crippen LogP contribution in [0.1, 0.15) is 29.5 Å². The fraction of sp³-hybridized carbons (Fsp3) is 0.500. The van der Waals surface area contributed by atoms with Gasteiger partial charge in [0.25, 0.3) is 0 Å². The van der Waals surface area contributed by atoms with Gasteiger partial charge in [-0.3, -0.25) is 4.90 Å². The molecule has 0 unspecified atom stereocenters. The van der Waals surface area contributed by atoms with E-state index in [1.165, 1.54) is 23.1 Å². The predicted molar refractivity (Wildman–Crippen MR) is 120 cm³/mol. The quantitative estimate of drug-likeness (QED) is 0.745. The van der Waals surface area contributed by atoms with Crippen molar-refractivity contribution >= 4 is 0 Å². The van der Waals surface area contributed by atoms with Crippen molar-refractivity contribution in [2.75, 3.05) is 46.4 Å². The molecule has 0 amide bonds. The molecule has 2 aliphatic rings. The van der Waals surface area contributed by atoms with E-state index >= 15 is 0 Å². The highest BCUT2D eigenvalue weighted by molar-refractivity contribution is 5.27. The number of benzene rings is 2. The topological polar surface area (TPSA) is 48.6 Å². The van der Waals surface area contributed by atoms with Gasteiger partial charge in [0.15, 0.2) is 0 Å². The summed E-state index contributed by atoms with van der Waals surface area (Å²) < 4.78 is 5.29. The molecular weight excluding hydrogens is 360 g/mol. The van der Waals surface area contributed by atoms with Crippen LogP contribution in [0.25, 0.3) is 0 Å². The van der Waals surface area contributed by atoms with E-state index in [0.717, 1.165) is 71.1 Å². The lowest BCUT2D eigenvalue weighted by atomic mass is 10.1. The highest BCUT2D eigenvalue weighted by atomic mass is 16.5. The molecule has 2 heterocycles. The first-order valence-corrected chi connectivity index (χ1v) is 10.9. The second-order valence-corrected chi connectivity index (χ2v) is 7.76. The summed E-state index contributed by atoms with van der Waals surface area (Å²) in [7, 11) is 1.71. The molecule has 5 nitrogen and oxygen atoms in total. The Hall–Kier alpha value is -1.92. The Morgan fingerprint density at radius 2 is 1.41 bits per heavy atom. The Morgan fingerprint density at radius 1 is 0.759 bits per heavy atom. The summed E-state index contributed by atoms with van der Waals surface area (Å²) >= 11 is 0. The maximum Gasteiger partial charge on any atom is 0.118 e. The number of fused-ring (bicyclic) bond motifs is 15. The minimum absolute atomic E-state index is 0.912. The van der Waals surface area contributed by atoms with Gasteiger partial charge in [0, 0.05) is 39.3 Å². The van der Waals surface area contributed by atoms with E-state index in [9.17, 15) is 0 Å². The van der Waals surface area contributed by atoms with Gasteiger partial charge >= 0.3 is 0 Å². The van der Waals surface area contributed by atoms with E-state index in [4.69, 9.17) is 4.74 Å². The number of methoxy groups -OCH3 is 1. The van der Waals surface area contributed by atoms with Crippen molar-refractivity contribution < 1.29 is 4.74 Å². The summed E-state index contributed by atoms with van der Waals surface area (Å²) in [6.45, 7) is 9.20. The third kappa shape index (κ3) is 8.15. The second-order valence-electron chi connectivity index (χ2n) is 7.76. The lowest BCUT2D eigenvalue weighted by Gasteiger charge is -2.23. The number of nitrogens with one attached hydrogen (secondary N) is 3. The zero-order chi connectivity index (χ0) is 20.2. The lowest BCUT2D eigenvalue weighted by Crippen LogP contribution is -2.32. The largest absolute Gasteiger partial charge is 0.497 e. The molecule has 0 saturated heterocycles. The van der Waals surface area contributed by atoms with Gasteiger partial charge < -0.3 is 20.7 Å². The van der Waals surface area contributed by atoms with Crippen molar-refractivity contribution in [2.45, 2.75) is 32.5 Å². The van der Waals surface area contributed by atoms with Crippen LogP contribution in [-0.2, 0) is 19.6 Å². The first-order chi connectivity index (χ1) is 14.3. The van der Waals surface area contributed by atoms with E-state index < -0.39 is 0 Å². The van der Waals surface area contributed by atoms with Gasteiger partial charge in [-0.05, 0) is 61.3 Å². The van der Waals surface area contributed by atoms with Crippen LogP contribution in [0.4, 0.5) is 0 Å². The van der Waals surface area contributed by atoms with Gasteiger partial charge in [-0.2, -0.15) is 0 Å². The first kappa shape index (κ1) is 21.8. The Balaban J connectivity index is 1.63. The molecule has 2 aromatic carbocycles. The predicted octanol–water partition coefficient (Wildman–Crippen LogP) is 2.76. The molecule has 158 valence electrons. The smallest absolute Gasteiger partial charge is 0.118 e.